The zero-order valence-electron chi connectivity index (χ0n) is 19.3. The van der Waals surface area contributed by atoms with Gasteiger partial charge < -0.3 is 28.6 Å². The third-order valence-electron chi connectivity index (χ3n) is 5.20. The first-order chi connectivity index (χ1) is 15.9. The van der Waals surface area contributed by atoms with Crippen LogP contribution in [0.15, 0.2) is 24.3 Å². The van der Waals surface area contributed by atoms with Crippen molar-refractivity contribution in [2.45, 2.75) is 0 Å². The van der Waals surface area contributed by atoms with Crippen molar-refractivity contribution in [2.75, 3.05) is 66.6 Å². The second-order valence-corrected chi connectivity index (χ2v) is 8.64. The molecule has 4 rings (SSSR count). The molecule has 0 aliphatic carbocycles. The van der Waals surface area contributed by atoms with Crippen molar-refractivity contribution in [1.29, 1.82) is 0 Å². The lowest BCUT2D eigenvalue weighted by atomic mass is 10.1. The number of methoxy groups -OCH3 is 3. The van der Waals surface area contributed by atoms with E-state index >= 15 is 0 Å². The quantitative estimate of drug-likeness (QED) is 0.493. The van der Waals surface area contributed by atoms with Gasteiger partial charge in [-0.05, 0) is 26.2 Å². The Kier molecular flexibility index (Phi) is 6.75. The maximum Gasteiger partial charge on any atom is 0.260 e. The van der Waals surface area contributed by atoms with Gasteiger partial charge >= 0.3 is 0 Å². The number of thiazole rings is 1. The van der Waals surface area contributed by atoms with E-state index in [1.165, 1.54) is 32.7 Å². The standard InChI is InChI=1S/C23H27N3O6S/c1-25(2)6-7-26(22(27)14-10-18(28-3)21(30-5)19(11-14)29-4)23-24-15-12-16-17(13-20(15)33-23)32-9-8-31-16/h10-13H,6-9H2,1-5H3. The van der Waals surface area contributed by atoms with Crippen molar-refractivity contribution in [3.63, 3.8) is 0 Å². The highest BCUT2D eigenvalue weighted by molar-refractivity contribution is 7.22. The van der Waals surface area contributed by atoms with Crippen molar-refractivity contribution >= 4 is 32.6 Å². The van der Waals surface area contributed by atoms with E-state index in [-0.39, 0.29) is 5.91 Å². The molecule has 0 bridgehead atoms. The van der Waals surface area contributed by atoms with Gasteiger partial charge in [-0.1, -0.05) is 11.3 Å². The molecule has 0 saturated carbocycles. The summed E-state index contributed by atoms with van der Waals surface area (Å²) < 4.78 is 28.6. The van der Waals surface area contributed by atoms with Crippen LogP contribution in [0.2, 0.25) is 0 Å². The molecule has 9 nitrogen and oxygen atoms in total. The predicted octanol–water partition coefficient (Wildman–Crippen LogP) is 3.30. The molecular weight excluding hydrogens is 446 g/mol. The fraction of sp³-hybridized carbons (Fsp3) is 0.391. The third-order valence-corrected chi connectivity index (χ3v) is 6.24. The van der Waals surface area contributed by atoms with Gasteiger partial charge in [0, 0.05) is 30.8 Å². The lowest BCUT2D eigenvalue weighted by Gasteiger charge is -2.23. The molecule has 2 aromatic carbocycles. The number of aromatic nitrogens is 1. The number of carbonyl (C=O) groups is 1. The van der Waals surface area contributed by atoms with Crippen LogP contribution in [-0.4, -0.2) is 77.5 Å². The summed E-state index contributed by atoms with van der Waals surface area (Å²) in [4.78, 5) is 22.1. The second kappa shape index (κ2) is 9.72. The van der Waals surface area contributed by atoms with Gasteiger partial charge in [0.1, 0.15) is 13.2 Å². The number of likely N-dealkylation sites (N-methyl/N-ethyl adjacent to an activating group) is 1. The van der Waals surface area contributed by atoms with E-state index in [0.717, 1.165) is 10.2 Å². The van der Waals surface area contributed by atoms with E-state index in [2.05, 4.69) is 0 Å². The molecule has 2 heterocycles. The Morgan fingerprint density at radius 3 is 2.18 bits per heavy atom. The number of hydrogen-bond acceptors (Lipinski definition) is 9. The van der Waals surface area contributed by atoms with Crippen LogP contribution in [0.3, 0.4) is 0 Å². The molecule has 0 N–H and O–H groups in total. The molecular formula is C23H27N3O6S. The van der Waals surface area contributed by atoms with Crippen molar-refractivity contribution in [3.8, 4) is 28.7 Å². The molecule has 0 atom stereocenters. The average Bonchev–Trinajstić information content (AvgIpc) is 3.23. The van der Waals surface area contributed by atoms with Crippen LogP contribution in [0.5, 0.6) is 28.7 Å². The number of fused-ring (bicyclic) bond motifs is 2. The zero-order valence-corrected chi connectivity index (χ0v) is 20.2. The van der Waals surface area contributed by atoms with Crippen molar-refractivity contribution in [1.82, 2.24) is 9.88 Å². The topological polar surface area (TPSA) is 82.6 Å². The molecule has 0 radical (unpaired) electrons. The number of amides is 1. The highest BCUT2D eigenvalue weighted by Gasteiger charge is 2.25. The number of rotatable bonds is 8. The van der Waals surface area contributed by atoms with E-state index < -0.39 is 0 Å². The first-order valence-electron chi connectivity index (χ1n) is 10.4. The summed E-state index contributed by atoms with van der Waals surface area (Å²) in [5, 5.41) is 0.591. The third kappa shape index (κ3) is 4.62. The summed E-state index contributed by atoms with van der Waals surface area (Å²) in [6, 6.07) is 7.08. The van der Waals surface area contributed by atoms with Gasteiger partial charge in [-0.3, -0.25) is 9.69 Å². The fourth-order valence-corrected chi connectivity index (χ4v) is 4.51. The Labute approximate surface area is 196 Å². The maximum absolute atomic E-state index is 13.7. The lowest BCUT2D eigenvalue weighted by molar-refractivity contribution is 0.0984. The second-order valence-electron chi connectivity index (χ2n) is 7.63. The van der Waals surface area contributed by atoms with Crippen LogP contribution in [0.1, 0.15) is 10.4 Å². The van der Waals surface area contributed by atoms with Crippen molar-refractivity contribution in [3.05, 3.63) is 29.8 Å². The largest absolute Gasteiger partial charge is 0.493 e. The van der Waals surface area contributed by atoms with Crippen LogP contribution in [0, 0.1) is 0 Å². The molecule has 176 valence electrons. The highest BCUT2D eigenvalue weighted by Crippen LogP contribution is 2.41. The summed E-state index contributed by atoms with van der Waals surface area (Å²) in [7, 11) is 8.50. The summed E-state index contributed by atoms with van der Waals surface area (Å²) in [6.45, 7) is 2.13. The molecule has 10 heteroatoms. The maximum atomic E-state index is 13.7. The van der Waals surface area contributed by atoms with E-state index in [0.29, 0.717) is 65.7 Å². The SMILES string of the molecule is COc1cc(C(=O)N(CCN(C)C)c2nc3cc4c(cc3s2)OCCO4)cc(OC)c1OC. The van der Waals surface area contributed by atoms with Gasteiger partial charge in [0.25, 0.3) is 5.91 Å². The summed E-state index contributed by atoms with van der Waals surface area (Å²) >= 11 is 1.43. The molecule has 33 heavy (non-hydrogen) atoms. The minimum atomic E-state index is -0.215. The summed E-state index contributed by atoms with van der Waals surface area (Å²) in [6.07, 6.45) is 0. The lowest BCUT2D eigenvalue weighted by Crippen LogP contribution is -2.36. The average molecular weight is 474 g/mol. The summed E-state index contributed by atoms with van der Waals surface area (Å²) in [5.41, 5.74) is 1.17. The number of nitrogens with zero attached hydrogens (tertiary/aromatic N) is 3. The van der Waals surface area contributed by atoms with Gasteiger partial charge in [0.2, 0.25) is 5.75 Å². The van der Waals surface area contributed by atoms with E-state index in [9.17, 15) is 4.79 Å². The summed E-state index contributed by atoms with van der Waals surface area (Å²) in [5.74, 6) is 2.41. The minimum absolute atomic E-state index is 0.215. The molecule has 3 aromatic rings. The Balaban J connectivity index is 1.75. The predicted molar refractivity (Wildman–Crippen MR) is 127 cm³/mol. The Bertz CT molecular complexity index is 1090. The van der Waals surface area contributed by atoms with Crippen LogP contribution in [-0.2, 0) is 0 Å². The van der Waals surface area contributed by atoms with Crippen molar-refractivity contribution < 1.29 is 28.5 Å². The number of benzene rings is 2. The Morgan fingerprint density at radius 2 is 1.61 bits per heavy atom. The van der Waals surface area contributed by atoms with Gasteiger partial charge in [-0.2, -0.15) is 0 Å². The number of carbonyl (C=O) groups excluding carboxylic acids is 1. The molecule has 0 spiro atoms. The minimum Gasteiger partial charge on any atom is -0.493 e. The first kappa shape index (κ1) is 22.9. The van der Waals surface area contributed by atoms with Crippen molar-refractivity contribution in [2.24, 2.45) is 0 Å². The van der Waals surface area contributed by atoms with Gasteiger partial charge in [0.05, 0.1) is 31.5 Å². The zero-order chi connectivity index (χ0) is 23.5. The van der Waals surface area contributed by atoms with Crippen LogP contribution in [0.25, 0.3) is 10.2 Å². The van der Waals surface area contributed by atoms with E-state index in [4.69, 9.17) is 28.7 Å². The van der Waals surface area contributed by atoms with Gasteiger partial charge in [-0.15, -0.1) is 0 Å². The molecule has 0 fully saturated rings. The Hall–Kier alpha value is -3.24. The van der Waals surface area contributed by atoms with Gasteiger partial charge in [0.15, 0.2) is 28.1 Å². The molecule has 1 aliphatic rings. The van der Waals surface area contributed by atoms with Crippen LogP contribution in [0.4, 0.5) is 5.13 Å². The number of anilines is 1. The first-order valence-corrected chi connectivity index (χ1v) is 11.2. The van der Waals surface area contributed by atoms with Crippen LogP contribution < -0.4 is 28.6 Å². The molecule has 0 unspecified atom stereocenters. The van der Waals surface area contributed by atoms with E-state index in [1.54, 1.807) is 17.0 Å². The molecule has 1 amide bonds. The Morgan fingerprint density at radius 1 is 0.970 bits per heavy atom. The normalized spacial score (nSPS) is 12.7. The van der Waals surface area contributed by atoms with E-state index in [1.807, 2.05) is 31.1 Å². The monoisotopic (exact) mass is 473 g/mol. The van der Waals surface area contributed by atoms with Gasteiger partial charge in [-0.25, -0.2) is 4.98 Å². The smallest absolute Gasteiger partial charge is 0.260 e. The fourth-order valence-electron chi connectivity index (χ4n) is 3.51. The number of hydrogen-bond donors (Lipinski definition) is 0. The van der Waals surface area contributed by atoms with Crippen LogP contribution >= 0.6 is 11.3 Å². The highest BCUT2D eigenvalue weighted by atomic mass is 32.1. The molecule has 0 saturated heterocycles. The molecule has 1 aliphatic heterocycles. The number of ether oxygens (including phenoxy) is 5. The molecule has 1 aromatic heterocycles.